The molecule has 0 fully saturated rings. The lowest BCUT2D eigenvalue weighted by molar-refractivity contribution is 0.311. The maximum Gasteiger partial charge on any atom is 1.20 e. The molecule has 0 unspecified atom stereocenters. The first-order valence-corrected chi connectivity index (χ1v) is 15.7. The van der Waals surface area contributed by atoms with Crippen molar-refractivity contribution in [2.75, 3.05) is 0 Å². The minimum Gasteiger partial charge on any atom is -0.577 e. The second-order valence-electron chi connectivity index (χ2n) is 10.7. The second kappa shape index (κ2) is 11.4. The van der Waals surface area contributed by atoms with Crippen LogP contribution >= 0.6 is 0 Å². The van der Waals surface area contributed by atoms with Gasteiger partial charge in [0.1, 0.15) is 22.5 Å². The van der Waals surface area contributed by atoms with E-state index in [2.05, 4.69) is 67.6 Å². The minimum atomic E-state index is -2.94. The molecule has 0 radical (unpaired) electrons. The summed E-state index contributed by atoms with van der Waals surface area (Å²) in [6.07, 6.45) is 0. The van der Waals surface area contributed by atoms with Gasteiger partial charge in [0.15, 0.2) is 0 Å². The molecule has 0 saturated carbocycles. The van der Waals surface area contributed by atoms with Gasteiger partial charge in [0.2, 0.25) is 0 Å². The maximum atomic E-state index is 6.74. The number of aryl methyl sites for hydroxylation is 3. The number of hydrogen-bond donors (Lipinski definition) is 0. The van der Waals surface area contributed by atoms with Gasteiger partial charge >= 0.3 is 15.1 Å². The number of hydrogen-bond acceptors (Lipinski definition) is 5. The van der Waals surface area contributed by atoms with Gasteiger partial charge in [-0.15, -0.1) is 0 Å². The van der Waals surface area contributed by atoms with Gasteiger partial charge in [0, 0.05) is 27.5 Å². The van der Waals surface area contributed by atoms with Crippen molar-refractivity contribution in [1.29, 1.82) is 0 Å². The average molecular weight is 577 g/mol. The summed E-state index contributed by atoms with van der Waals surface area (Å²) in [6, 6.07) is 41.0. The van der Waals surface area contributed by atoms with Gasteiger partial charge in [-0.1, -0.05) is 96.6 Å². The first-order valence-electron chi connectivity index (χ1n) is 14.3. The van der Waals surface area contributed by atoms with Crippen molar-refractivity contribution in [3.05, 3.63) is 138 Å². The van der Waals surface area contributed by atoms with Gasteiger partial charge in [-0.3, -0.25) is 0 Å². The molecular formula is C37H29AlN2O3. The molecule has 0 N–H and O–H groups in total. The van der Waals surface area contributed by atoms with Crippen molar-refractivity contribution in [1.82, 2.24) is 9.97 Å². The summed E-state index contributed by atoms with van der Waals surface area (Å²) in [7, 11) is 0. The van der Waals surface area contributed by atoms with E-state index < -0.39 is 15.1 Å². The SMILES string of the molecule is Cc1ccc(-c2ccc([O][Al]([O]c3cccc4ccc(C)nc34)[O]c3cccc4ccc(C)nc34)c3ccccc23)cc1. The van der Waals surface area contributed by atoms with E-state index in [1.54, 1.807) is 0 Å². The van der Waals surface area contributed by atoms with Crippen LogP contribution in [0.4, 0.5) is 0 Å². The molecule has 0 saturated heterocycles. The molecule has 0 amide bonds. The van der Waals surface area contributed by atoms with E-state index in [0.29, 0.717) is 17.2 Å². The molecule has 5 nitrogen and oxygen atoms in total. The van der Waals surface area contributed by atoms with Crippen molar-refractivity contribution in [2.45, 2.75) is 20.8 Å². The third kappa shape index (κ3) is 5.51. The summed E-state index contributed by atoms with van der Waals surface area (Å²) in [4.78, 5) is 9.56. The Morgan fingerprint density at radius 3 is 1.63 bits per heavy atom. The Labute approximate surface area is 255 Å². The van der Waals surface area contributed by atoms with E-state index in [0.717, 1.165) is 55.1 Å². The molecule has 0 atom stereocenters. The minimum absolute atomic E-state index is 0.628. The van der Waals surface area contributed by atoms with Gasteiger partial charge in [0.25, 0.3) is 0 Å². The molecule has 208 valence electrons. The van der Waals surface area contributed by atoms with Gasteiger partial charge < -0.3 is 11.4 Å². The summed E-state index contributed by atoms with van der Waals surface area (Å²) in [5.74, 6) is 1.96. The van der Waals surface area contributed by atoms with E-state index >= 15 is 0 Å². The fourth-order valence-electron chi connectivity index (χ4n) is 5.37. The summed E-state index contributed by atoms with van der Waals surface area (Å²) in [6.45, 7) is 6.05. The number of aromatic nitrogens is 2. The van der Waals surface area contributed by atoms with Crippen LogP contribution in [-0.4, -0.2) is 25.1 Å². The quantitative estimate of drug-likeness (QED) is 0.177. The average Bonchev–Trinajstić information content (AvgIpc) is 3.02. The van der Waals surface area contributed by atoms with E-state index in [4.69, 9.17) is 21.3 Å². The van der Waals surface area contributed by atoms with Crippen molar-refractivity contribution < 1.29 is 11.4 Å². The van der Waals surface area contributed by atoms with Crippen LogP contribution in [0.5, 0.6) is 17.2 Å². The number of pyridine rings is 2. The van der Waals surface area contributed by atoms with Crippen molar-refractivity contribution >= 4 is 47.7 Å². The molecule has 7 aromatic rings. The van der Waals surface area contributed by atoms with Crippen LogP contribution in [0.2, 0.25) is 0 Å². The molecule has 0 spiro atoms. The monoisotopic (exact) mass is 576 g/mol. The van der Waals surface area contributed by atoms with Crippen molar-refractivity contribution in [3.8, 4) is 28.4 Å². The number of nitrogens with zero attached hydrogens (tertiary/aromatic N) is 2. The van der Waals surface area contributed by atoms with Crippen LogP contribution in [0.15, 0.2) is 121 Å². The second-order valence-corrected chi connectivity index (χ2v) is 12.0. The lowest BCUT2D eigenvalue weighted by atomic mass is 9.97. The summed E-state index contributed by atoms with van der Waals surface area (Å²) >= 11 is -2.94. The molecule has 5 aromatic carbocycles. The lowest BCUT2D eigenvalue weighted by Gasteiger charge is -2.20. The highest BCUT2D eigenvalue weighted by atomic mass is 27.3. The van der Waals surface area contributed by atoms with E-state index in [1.807, 2.05) is 74.5 Å². The Morgan fingerprint density at radius 1 is 0.465 bits per heavy atom. The predicted octanol–water partition coefficient (Wildman–Crippen LogP) is 9.05. The highest BCUT2D eigenvalue weighted by molar-refractivity contribution is 6.40. The fourth-order valence-corrected chi connectivity index (χ4v) is 6.72. The highest BCUT2D eigenvalue weighted by Crippen LogP contribution is 2.36. The van der Waals surface area contributed by atoms with E-state index in [9.17, 15) is 0 Å². The summed E-state index contributed by atoms with van der Waals surface area (Å²) in [5.41, 5.74) is 6.91. The Balaban J connectivity index is 1.32. The number of benzene rings is 5. The molecule has 6 heteroatoms. The number of fused-ring (bicyclic) bond motifs is 3. The van der Waals surface area contributed by atoms with Crippen LogP contribution in [0.3, 0.4) is 0 Å². The van der Waals surface area contributed by atoms with Crippen LogP contribution in [-0.2, 0) is 0 Å². The summed E-state index contributed by atoms with van der Waals surface area (Å²) < 4.78 is 20.0. The van der Waals surface area contributed by atoms with Crippen LogP contribution in [0.25, 0.3) is 43.7 Å². The molecule has 2 aromatic heterocycles. The molecule has 0 aliphatic heterocycles. The molecular weight excluding hydrogens is 547 g/mol. The Bertz CT molecular complexity index is 2020. The first kappa shape index (κ1) is 27.0. The molecule has 0 aliphatic rings. The van der Waals surface area contributed by atoms with E-state index in [1.165, 1.54) is 5.56 Å². The maximum absolute atomic E-state index is 6.74. The standard InChI is InChI=1S/C17H14O.2C10H9NO.Al/c1-12-6-8-13(9-7-12)14-10-11-17(18)16-5-3-2-4-15(14)16;2*1-7-5-6-8-3-2-4-9(12)10(8)11-7;/h2-11,18H,1H3;2*2-6,12H,1H3;/q;;;+3/p-3. The highest BCUT2D eigenvalue weighted by Gasteiger charge is 2.45. The zero-order valence-electron chi connectivity index (χ0n) is 24.2. The van der Waals surface area contributed by atoms with Crippen LogP contribution < -0.4 is 11.4 Å². The van der Waals surface area contributed by atoms with Crippen LogP contribution in [0.1, 0.15) is 17.0 Å². The molecule has 0 aliphatic carbocycles. The summed E-state index contributed by atoms with van der Waals surface area (Å²) in [5, 5.41) is 4.07. The Morgan fingerprint density at radius 2 is 1.02 bits per heavy atom. The third-order valence-electron chi connectivity index (χ3n) is 7.56. The van der Waals surface area contributed by atoms with Crippen molar-refractivity contribution in [2.24, 2.45) is 0 Å². The van der Waals surface area contributed by atoms with Crippen molar-refractivity contribution in [3.63, 3.8) is 0 Å². The molecule has 0 bridgehead atoms. The predicted molar refractivity (Wildman–Crippen MR) is 175 cm³/mol. The normalized spacial score (nSPS) is 11.1. The number of para-hydroxylation sites is 2. The topological polar surface area (TPSA) is 53.5 Å². The van der Waals surface area contributed by atoms with Gasteiger partial charge in [-0.25, -0.2) is 9.97 Å². The Kier molecular flexibility index (Phi) is 7.16. The molecule has 2 heterocycles. The first-order chi connectivity index (χ1) is 21.0. The smallest absolute Gasteiger partial charge is 0.577 e. The van der Waals surface area contributed by atoms with Gasteiger partial charge in [0.05, 0.1) is 5.75 Å². The van der Waals surface area contributed by atoms with Gasteiger partial charge in [-0.2, -0.15) is 0 Å². The van der Waals surface area contributed by atoms with Crippen LogP contribution in [0, 0.1) is 20.8 Å². The largest absolute Gasteiger partial charge is 1.20 e. The zero-order chi connectivity index (χ0) is 29.3. The van der Waals surface area contributed by atoms with Gasteiger partial charge in [-0.05, 0) is 67.6 Å². The molecule has 43 heavy (non-hydrogen) atoms. The lowest BCUT2D eigenvalue weighted by Crippen LogP contribution is -2.37. The third-order valence-corrected chi connectivity index (χ3v) is 8.90. The number of rotatable bonds is 7. The van der Waals surface area contributed by atoms with E-state index in [-0.39, 0.29) is 0 Å². The Hall–Kier alpha value is -4.89. The molecule has 7 rings (SSSR count). The fraction of sp³-hybridized carbons (Fsp3) is 0.0811. The zero-order valence-corrected chi connectivity index (χ0v) is 25.4.